The van der Waals surface area contributed by atoms with E-state index in [9.17, 15) is 26.4 Å². The summed E-state index contributed by atoms with van der Waals surface area (Å²) in [6.07, 6.45) is 1.71. The molecule has 0 aromatic heterocycles. The summed E-state index contributed by atoms with van der Waals surface area (Å²) in [5.74, 6) is -1.42. The van der Waals surface area contributed by atoms with Crippen molar-refractivity contribution in [1.82, 2.24) is 0 Å². The van der Waals surface area contributed by atoms with E-state index >= 15 is 0 Å². The molecule has 0 aliphatic rings. The molecule has 0 aliphatic carbocycles. The van der Waals surface area contributed by atoms with Crippen LogP contribution >= 0.6 is 10.7 Å². The lowest BCUT2D eigenvalue weighted by atomic mass is 10.1. The highest BCUT2D eigenvalue weighted by molar-refractivity contribution is 8.13. The quantitative estimate of drug-likeness (QED) is 0.104. The van der Waals surface area contributed by atoms with Crippen molar-refractivity contribution in [3.8, 4) is 0 Å². The van der Waals surface area contributed by atoms with Crippen molar-refractivity contribution in [1.29, 1.82) is 0 Å². The number of nitrogen functional groups attached to an aromatic ring is 1. The van der Waals surface area contributed by atoms with Gasteiger partial charge in [-0.15, -0.1) is 0 Å². The van der Waals surface area contributed by atoms with E-state index in [1.165, 1.54) is 61.7 Å². The molecular formula is C36H47ClN2O8S2. The molecule has 4 aromatic carbocycles. The predicted octanol–water partition coefficient (Wildman–Crippen LogP) is 7.96. The van der Waals surface area contributed by atoms with Gasteiger partial charge < -0.3 is 15.2 Å². The zero-order valence-corrected chi connectivity index (χ0v) is 29.4. The third-order valence-corrected chi connectivity index (χ3v) is 9.70. The second kappa shape index (κ2) is 20.2. The molecule has 3 N–H and O–H groups in total. The van der Waals surface area contributed by atoms with E-state index in [1.807, 2.05) is 51.1 Å². The first-order chi connectivity index (χ1) is 22.1. The molecule has 0 radical (unpaired) electrons. The van der Waals surface area contributed by atoms with Gasteiger partial charge in [-0.3, -0.25) is 4.72 Å². The minimum Gasteiger partial charge on any atom is -0.465 e. The van der Waals surface area contributed by atoms with Gasteiger partial charge in [0.1, 0.15) is 4.90 Å². The summed E-state index contributed by atoms with van der Waals surface area (Å²) < 4.78 is 59.2. The highest BCUT2D eigenvalue weighted by atomic mass is 35.7. The number of methoxy groups -OCH3 is 2. The Labute approximate surface area is 296 Å². The van der Waals surface area contributed by atoms with Crippen LogP contribution in [0.15, 0.2) is 94.7 Å². The zero-order valence-electron chi connectivity index (χ0n) is 27.0. The molecule has 0 unspecified atom stereocenters. The van der Waals surface area contributed by atoms with Gasteiger partial charge in [-0.05, 0) is 73.2 Å². The minimum absolute atomic E-state index is 0. The Morgan fingerprint density at radius 2 is 1.10 bits per heavy atom. The first-order valence-electron chi connectivity index (χ1n) is 14.4. The number of hydrogen-bond acceptors (Lipinski definition) is 9. The molecule has 0 bridgehead atoms. The number of benzene rings is 4. The molecule has 0 amide bonds. The zero-order chi connectivity index (χ0) is 35.4. The Balaban J connectivity index is 0.000000758. The normalized spacial score (nSPS) is 10.3. The van der Waals surface area contributed by atoms with Crippen molar-refractivity contribution in [2.75, 3.05) is 24.7 Å². The molecule has 0 heterocycles. The molecule has 49 heavy (non-hydrogen) atoms. The molecule has 0 saturated carbocycles. The Morgan fingerprint density at radius 1 is 0.673 bits per heavy atom. The van der Waals surface area contributed by atoms with E-state index in [4.69, 9.17) is 16.4 Å². The second-order valence-electron chi connectivity index (χ2n) is 9.98. The van der Waals surface area contributed by atoms with Crippen molar-refractivity contribution in [2.45, 2.75) is 65.2 Å². The standard InChI is InChI=1S/C17H19NO4S.C9H13N.C8H7ClO4S.2CH4/c1-4-13-9-7-8-12(2)16(13)18-23(20,21)15-11-6-5-10-14(15)17(19)22-3;1-3-8-6-4-5-7(2)9(8)10;1-13-8(10)6-4-2-3-5-7(6)14(9,11)12;;/h5-11,18H,4H2,1-3H3;4-6H,3,10H2,1-2H3;2-5H,1H3;2*1H4. The number of rotatable bonds is 8. The second-order valence-corrected chi connectivity index (χ2v) is 14.2. The monoisotopic (exact) mass is 734 g/mol. The number of hydrogen-bond donors (Lipinski definition) is 2. The maximum Gasteiger partial charge on any atom is 0.339 e. The summed E-state index contributed by atoms with van der Waals surface area (Å²) in [7, 11) is -0.308. The molecule has 0 atom stereocenters. The Hall–Kier alpha value is -4.39. The highest BCUT2D eigenvalue weighted by Gasteiger charge is 2.24. The van der Waals surface area contributed by atoms with Crippen molar-refractivity contribution in [3.05, 3.63) is 118 Å². The lowest BCUT2D eigenvalue weighted by Gasteiger charge is -2.15. The number of ether oxygens (including phenoxy) is 2. The van der Waals surface area contributed by atoms with Crippen molar-refractivity contribution < 1.29 is 35.9 Å². The molecular weight excluding hydrogens is 688 g/mol. The summed E-state index contributed by atoms with van der Waals surface area (Å²) in [5.41, 5.74) is 11.4. The van der Waals surface area contributed by atoms with Crippen molar-refractivity contribution >= 4 is 53.1 Å². The van der Waals surface area contributed by atoms with Crippen LogP contribution in [-0.4, -0.2) is 43.0 Å². The summed E-state index contributed by atoms with van der Waals surface area (Å²) in [6.45, 7) is 7.94. The van der Waals surface area contributed by atoms with E-state index in [-0.39, 0.29) is 35.8 Å². The van der Waals surface area contributed by atoms with E-state index in [0.717, 1.165) is 23.2 Å². The average molecular weight is 735 g/mol. The maximum absolute atomic E-state index is 12.7. The molecule has 0 aliphatic heterocycles. The van der Waals surface area contributed by atoms with Crippen LogP contribution in [0.5, 0.6) is 0 Å². The average Bonchev–Trinajstić information content (AvgIpc) is 3.06. The number of aryl methyl sites for hydroxylation is 4. The van der Waals surface area contributed by atoms with Crippen LogP contribution in [0.3, 0.4) is 0 Å². The fraction of sp³-hybridized carbons (Fsp3) is 0.278. The van der Waals surface area contributed by atoms with Gasteiger partial charge in [-0.25, -0.2) is 26.4 Å². The molecule has 268 valence electrons. The van der Waals surface area contributed by atoms with Crippen LogP contribution in [0.1, 0.15) is 71.7 Å². The van der Waals surface area contributed by atoms with Gasteiger partial charge in [0, 0.05) is 16.4 Å². The number of carbonyl (C=O) groups excluding carboxylic acids is 2. The Bertz CT molecular complexity index is 1930. The van der Waals surface area contributed by atoms with Crippen LogP contribution < -0.4 is 10.5 Å². The Kier molecular flexibility index (Phi) is 18.4. The van der Waals surface area contributed by atoms with E-state index in [2.05, 4.69) is 27.2 Å². The number of esters is 2. The van der Waals surface area contributed by atoms with E-state index in [1.54, 1.807) is 12.1 Å². The predicted molar refractivity (Wildman–Crippen MR) is 198 cm³/mol. The number of halogens is 1. The van der Waals surface area contributed by atoms with Gasteiger partial charge in [-0.1, -0.05) is 89.4 Å². The lowest BCUT2D eigenvalue weighted by Crippen LogP contribution is -2.18. The minimum atomic E-state index is -3.92. The molecule has 13 heteroatoms. The van der Waals surface area contributed by atoms with Crippen LogP contribution in [0.4, 0.5) is 11.4 Å². The third kappa shape index (κ3) is 12.2. The lowest BCUT2D eigenvalue weighted by molar-refractivity contribution is 0.0587. The highest BCUT2D eigenvalue weighted by Crippen LogP contribution is 2.26. The first-order valence-corrected chi connectivity index (χ1v) is 18.2. The number of anilines is 2. The smallest absolute Gasteiger partial charge is 0.339 e. The Morgan fingerprint density at radius 3 is 1.55 bits per heavy atom. The molecule has 10 nitrogen and oxygen atoms in total. The van der Waals surface area contributed by atoms with Crippen molar-refractivity contribution in [3.63, 3.8) is 0 Å². The number of carbonyl (C=O) groups is 2. The largest absolute Gasteiger partial charge is 0.465 e. The maximum atomic E-state index is 12.7. The number of para-hydroxylation sites is 2. The summed E-state index contributed by atoms with van der Waals surface area (Å²) in [6, 6.07) is 23.3. The summed E-state index contributed by atoms with van der Waals surface area (Å²) in [4.78, 5) is 22.6. The molecule has 0 fully saturated rings. The van der Waals surface area contributed by atoms with Gasteiger partial charge in [0.05, 0.1) is 35.9 Å². The van der Waals surface area contributed by atoms with Gasteiger partial charge in [0.15, 0.2) is 0 Å². The first kappa shape index (κ1) is 44.6. The summed E-state index contributed by atoms with van der Waals surface area (Å²) in [5, 5.41) is 0. The van der Waals surface area contributed by atoms with E-state index in [0.29, 0.717) is 12.1 Å². The molecule has 0 spiro atoms. The third-order valence-electron chi connectivity index (χ3n) is 6.91. The fourth-order valence-corrected chi connectivity index (χ4v) is 6.77. The SMILES string of the molecule is C.C.CCc1cccc(C)c1N.CCc1cccc(C)c1NS(=O)(=O)c1ccccc1C(=O)OC.COC(=O)c1ccccc1S(=O)(=O)Cl. The van der Waals surface area contributed by atoms with Crippen LogP contribution in [-0.2, 0) is 41.4 Å². The van der Waals surface area contributed by atoms with Gasteiger partial charge >= 0.3 is 11.9 Å². The van der Waals surface area contributed by atoms with Gasteiger partial charge in [0.2, 0.25) is 0 Å². The van der Waals surface area contributed by atoms with Gasteiger partial charge in [0.25, 0.3) is 19.1 Å². The summed E-state index contributed by atoms with van der Waals surface area (Å²) >= 11 is 0. The fourth-order valence-electron chi connectivity index (χ4n) is 4.35. The number of nitrogens with two attached hydrogens (primary N) is 1. The van der Waals surface area contributed by atoms with Crippen LogP contribution in [0.2, 0.25) is 0 Å². The van der Waals surface area contributed by atoms with Crippen LogP contribution in [0, 0.1) is 13.8 Å². The van der Waals surface area contributed by atoms with Gasteiger partial charge in [-0.2, -0.15) is 0 Å². The van der Waals surface area contributed by atoms with Crippen LogP contribution in [0.25, 0.3) is 0 Å². The number of nitrogens with one attached hydrogen (secondary N) is 1. The van der Waals surface area contributed by atoms with E-state index < -0.39 is 31.0 Å². The molecule has 4 aromatic rings. The molecule has 4 rings (SSSR count). The van der Waals surface area contributed by atoms with Crippen molar-refractivity contribution in [2.24, 2.45) is 0 Å². The topological polar surface area (TPSA) is 159 Å². The number of sulfonamides is 1. The molecule has 0 saturated heterocycles.